The van der Waals surface area contributed by atoms with Crippen molar-refractivity contribution in [3.05, 3.63) is 47.8 Å². The van der Waals surface area contributed by atoms with Gasteiger partial charge in [0, 0.05) is 11.3 Å². The molecule has 108 valence electrons. The topological polar surface area (TPSA) is 73.6 Å². The zero-order valence-corrected chi connectivity index (χ0v) is 11.1. The summed E-state index contributed by atoms with van der Waals surface area (Å²) in [7, 11) is 0. The molecular weight excluding hydrogens is 275 g/mol. The third-order valence-electron chi connectivity index (χ3n) is 3.05. The first-order chi connectivity index (χ1) is 10.1. The average molecular weight is 288 g/mol. The molecule has 0 spiro atoms. The molecule has 0 aliphatic carbocycles. The van der Waals surface area contributed by atoms with Crippen LogP contribution in [0.5, 0.6) is 11.5 Å². The van der Waals surface area contributed by atoms with Gasteiger partial charge in [0.05, 0.1) is 5.69 Å². The van der Waals surface area contributed by atoms with Gasteiger partial charge in [0.1, 0.15) is 19.0 Å². The molecule has 0 saturated carbocycles. The third kappa shape index (κ3) is 2.74. The summed E-state index contributed by atoms with van der Waals surface area (Å²) < 4.78 is 24.4. The molecule has 1 aliphatic heterocycles. The largest absolute Gasteiger partial charge is 0.486 e. The molecule has 1 heterocycles. The molecule has 3 N–H and O–H groups in total. The fourth-order valence-corrected chi connectivity index (χ4v) is 2.01. The molecule has 5 nitrogen and oxygen atoms in total. The number of hydrogen-bond acceptors (Lipinski definition) is 4. The molecule has 1 amide bonds. The SMILES string of the molecule is Nc1ccc(NC(=O)c2ccc3c(c2)OCCO3)c(F)c1. The minimum Gasteiger partial charge on any atom is -0.486 e. The van der Waals surface area contributed by atoms with Gasteiger partial charge in [-0.15, -0.1) is 0 Å². The van der Waals surface area contributed by atoms with Gasteiger partial charge in [-0.25, -0.2) is 4.39 Å². The van der Waals surface area contributed by atoms with Gasteiger partial charge in [-0.05, 0) is 36.4 Å². The number of carbonyl (C=O) groups excluding carboxylic acids is 1. The maximum atomic E-state index is 13.7. The lowest BCUT2D eigenvalue weighted by atomic mass is 10.1. The lowest BCUT2D eigenvalue weighted by Crippen LogP contribution is -2.17. The Morgan fingerprint density at radius 1 is 1.10 bits per heavy atom. The van der Waals surface area contributed by atoms with Crippen LogP contribution in [-0.4, -0.2) is 19.1 Å². The van der Waals surface area contributed by atoms with Gasteiger partial charge in [0.25, 0.3) is 5.91 Å². The maximum absolute atomic E-state index is 13.7. The number of rotatable bonds is 2. The third-order valence-corrected chi connectivity index (χ3v) is 3.05. The van der Waals surface area contributed by atoms with Crippen LogP contribution in [0.1, 0.15) is 10.4 Å². The van der Waals surface area contributed by atoms with Crippen molar-refractivity contribution < 1.29 is 18.7 Å². The second-order valence-electron chi connectivity index (χ2n) is 4.55. The number of nitrogen functional groups attached to an aromatic ring is 1. The Kier molecular flexibility index (Phi) is 3.35. The maximum Gasteiger partial charge on any atom is 0.255 e. The molecule has 0 aromatic heterocycles. The van der Waals surface area contributed by atoms with Crippen molar-refractivity contribution in [3.63, 3.8) is 0 Å². The summed E-state index contributed by atoms with van der Waals surface area (Å²) in [6.45, 7) is 0.917. The first-order valence-electron chi connectivity index (χ1n) is 6.39. The lowest BCUT2D eigenvalue weighted by molar-refractivity contribution is 0.102. The van der Waals surface area contributed by atoms with Gasteiger partial charge in [0.15, 0.2) is 11.5 Å². The minimum absolute atomic E-state index is 0.0732. The first-order valence-corrected chi connectivity index (χ1v) is 6.39. The van der Waals surface area contributed by atoms with Crippen molar-refractivity contribution in [1.82, 2.24) is 0 Å². The van der Waals surface area contributed by atoms with Crippen LogP contribution in [0.3, 0.4) is 0 Å². The highest BCUT2D eigenvalue weighted by Crippen LogP contribution is 2.31. The summed E-state index contributed by atoms with van der Waals surface area (Å²) >= 11 is 0. The molecule has 21 heavy (non-hydrogen) atoms. The Hall–Kier alpha value is -2.76. The second-order valence-corrected chi connectivity index (χ2v) is 4.55. The Labute approximate surface area is 120 Å². The summed E-state index contributed by atoms with van der Waals surface area (Å²) in [5.74, 6) is 0.0830. The van der Waals surface area contributed by atoms with E-state index in [1.165, 1.54) is 12.1 Å². The number of ether oxygens (including phenoxy) is 2. The van der Waals surface area contributed by atoms with E-state index in [-0.39, 0.29) is 5.69 Å². The lowest BCUT2D eigenvalue weighted by Gasteiger charge is -2.18. The van der Waals surface area contributed by atoms with Crippen molar-refractivity contribution in [3.8, 4) is 11.5 Å². The first kappa shape index (κ1) is 13.2. The monoisotopic (exact) mass is 288 g/mol. The molecule has 0 fully saturated rings. The van der Waals surface area contributed by atoms with Crippen LogP contribution in [0.4, 0.5) is 15.8 Å². The Morgan fingerprint density at radius 2 is 1.86 bits per heavy atom. The van der Waals surface area contributed by atoms with E-state index >= 15 is 0 Å². The van der Waals surface area contributed by atoms with E-state index in [9.17, 15) is 9.18 Å². The molecule has 0 bridgehead atoms. The number of benzene rings is 2. The minimum atomic E-state index is -0.583. The summed E-state index contributed by atoms with van der Waals surface area (Å²) in [5.41, 5.74) is 6.19. The molecule has 0 radical (unpaired) electrons. The fourth-order valence-electron chi connectivity index (χ4n) is 2.01. The number of nitrogens with one attached hydrogen (secondary N) is 1. The van der Waals surface area contributed by atoms with Crippen LogP contribution < -0.4 is 20.5 Å². The quantitative estimate of drug-likeness (QED) is 0.832. The van der Waals surface area contributed by atoms with E-state index in [0.29, 0.717) is 36.0 Å². The molecule has 0 unspecified atom stereocenters. The van der Waals surface area contributed by atoms with Crippen LogP contribution in [0.25, 0.3) is 0 Å². The standard InChI is InChI=1S/C15H13FN2O3/c16-11-8-10(17)2-3-12(11)18-15(19)9-1-4-13-14(7-9)21-6-5-20-13/h1-4,7-8H,5-6,17H2,(H,18,19). The molecule has 2 aromatic carbocycles. The highest BCUT2D eigenvalue weighted by Gasteiger charge is 2.16. The van der Waals surface area contributed by atoms with Crippen LogP contribution in [0.2, 0.25) is 0 Å². The van der Waals surface area contributed by atoms with Crippen LogP contribution in [-0.2, 0) is 0 Å². The molecule has 2 aromatic rings. The van der Waals surface area contributed by atoms with Crippen molar-refractivity contribution >= 4 is 17.3 Å². The summed E-state index contributed by atoms with van der Waals surface area (Å²) in [4.78, 5) is 12.1. The number of halogens is 1. The number of hydrogen-bond donors (Lipinski definition) is 2. The van der Waals surface area contributed by atoms with E-state index < -0.39 is 11.7 Å². The van der Waals surface area contributed by atoms with Crippen LogP contribution in [0, 0.1) is 5.82 Å². The van der Waals surface area contributed by atoms with E-state index in [0.717, 1.165) is 6.07 Å². The summed E-state index contributed by atoms with van der Waals surface area (Å²) in [5, 5.41) is 2.49. The zero-order chi connectivity index (χ0) is 14.8. The smallest absolute Gasteiger partial charge is 0.255 e. The fraction of sp³-hybridized carbons (Fsp3) is 0.133. The van der Waals surface area contributed by atoms with E-state index in [4.69, 9.17) is 15.2 Å². The highest BCUT2D eigenvalue weighted by atomic mass is 19.1. The summed E-state index contributed by atoms with van der Waals surface area (Å²) in [6, 6.07) is 8.91. The van der Waals surface area contributed by atoms with Crippen LogP contribution in [0.15, 0.2) is 36.4 Å². The van der Waals surface area contributed by atoms with Gasteiger partial charge in [-0.2, -0.15) is 0 Å². The van der Waals surface area contributed by atoms with E-state index in [1.54, 1.807) is 18.2 Å². The summed E-state index contributed by atoms with van der Waals surface area (Å²) in [6.07, 6.45) is 0. The van der Waals surface area contributed by atoms with E-state index in [2.05, 4.69) is 5.32 Å². The molecule has 1 aliphatic rings. The second kappa shape index (κ2) is 5.32. The van der Waals surface area contributed by atoms with Gasteiger partial charge in [0.2, 0.25) is 0 Å². The normalized spacial score (nSPS) is 12.8. The number of fused-ring (bicyclic) bond motifs is 1. The van der Waals surface area contributed by atoms with Crippen molar-refractivity contribution in [1.29, 1.82) is 0 Å². The zero-order valence-electron chi connectivity index (χ0n) is 11.1. The van der Waals surface area contributed by atoms with Crippen LogP contribution >= 0.6 is 0 Å². The van der Waals surface area contributed by atoms with Crippen molar-refractivity contribution in [2.24, 2.45) is 0 Å². The van der Waals surface area contributed by atoms with Crippen molar-refractivity contribution in [2.45, 2.75) is 0 Å². The van der Waals surface area contributed by atoms with Gasteiger partial charge in [-0.1, -0.05) is 0 Å². The van der Waals surface area contributed by atoms with Crippen molar-refractivity contribution in [2.75, 3.05) is 24.3 Å². The molecule has 3 rings (SSSR count). The molecule has 0 saturated heterocycles. The van der Waals surface area contributed by atoms with Gasteiger partial charge in [-0.3, -0.25) is 4.79 Å². The molecule has 0 atom stereocenters. The number of nitrogens with two attached hydrogens (primary N) is 1. The number of carbonyl (C=O) groups is 1. The Balaban J connectivity index is 1.82. The molecule has 6 heteroatoms. The Bertz CT molecular complexity index is 703. The average Bonchev–Trinajstić information content (AvgIpc) is 2.49. The highest BCUT2D eigenvalue weighted by molar-refractivity contribution is 6.04. The number of amides is 1. The Morgan fingerprint density at radius 3 is 2.62 bits per heavy atom. The number of anilines is 2. The predicted molar refractivity (Wildman–Crippen MR) is 76.2 cm³/mol. The predicted octanol–water partition coefficient (Wildman–Crippen LogP) is 2.43. The molecular formula is C15H13FN2O3. The van der Waals surface area contributed by atoms with E-state index in [1.807, 2.05) is 0 Å². The van der Waals surface area contributed by atoms with Gasteiger partial charge < -0.3 is 20.5 Å². The van der Waals surface area contributed by atoms with Gasteiger partial charge >= 0.3 is 0 Å².